The minimum atomic E-state index is -0.816. The molecule has 2 aromatic rings. The number of nitrogens with zero attached hydrogens (tertiary/aromatic N) is 1. The maximum Gasteiger partial charge on any atom is 0.311 e. The van der Waals surface area contributed by atoms with E-state index in [2.05, 4.69) is 10.2 Å². The third-order valence-corrected chi connectivity index (χ3v) is 3.00. The van der Waals surface area contributed by atoms with Gasteiger partial charge in [0.15, 0.2) is 0 Å². The average molecular weight is 244 g/mol. The van der Waals surface area contributed by atoms with E-state index in [0.29, 0.717) is 0 Å². The molecule has 0 fully saturated rings. The quantitative estimate of drug-likeness (QED) is 0.869. The topological polar surface area (TPSA) is 66.0 Å². The van der Waals surface area contributed by atoms with Gasteiger partial charge < -0.3 is 5.11 Å². The van der Waals surface area contributed by atoms with Crippen LogP contribution < -0.4 is 0 Å². The van der Waals surface area contributed by atoms with Crippen LogP contribution in [0.1, 0.15) is 25.3 Å². The van der Waals surface area contributed by atoms with Crippen LogP contribution in [-0.2, 0) is 4.79 Å². The number of aromatic nitrogens is 2. The Morgan fingerprint density at radius 1 is 1.28 bits per heavy atom. The number of H-pyrrole nitrogens is 1. The van der Waals surface area contributed by atoms with E-state index < -0.39 is 11.9 Å². The van der Waals surface area contributed by atoms with E-state index >= 15 is 0 Å². The molecule has 1 unspecified atom stereocenters. The van der Waals surface area contributed by atoms with Crippen LogP contribution in [0.2, 0.25) is 0 Å². The van der Waals surface area contributed by atoms with E-state index in [4.69, 9.17) is 0 Å². The monoisotopic (exact) mass is 244 g/mol. The van der Waals surface area contributed by atoms with Crippen molar-refractivity contribution in [2.45, 2.75) is 19.8 Å². The van der Waals surface area contributed by atoms with Crippen LogP contribution in [0.5, 0.6) is 0 Å². The van der Waals surface area contributed by atoms with E-state index in [1.807, 2.05) is 44.2 Å². The van der Waals surface area contributed by atoms with Crippen LogP contribution in [0.3, 0.4) is 0 Å². The summed E-state index contributed by atoms with van der Waals surface area (Å²) in [5, 5.41) is 16.2. The lowest BCUT2D eigenvalue weighted by atomic mass is 9.87. The molecule has 94 valence electrons. The predicted octanol–water partition coefficient (Wildman–Crippen LogP) is 2.90. The molecule has 0 aliphatic rings. The molecule has 0 amide bonds. The third kappa shape index (κ3) is 2.27. The largest absolute Gasteiger partial charge is 0.481 e. The van der Waals surface area contributed by atoms with E-state index in [9.17, 15) is 9.90 Å². The number of carboxylic acids is 1. The summed E-state index contributed by atoms with van der Waals surface area (Å²) in [5.74, 6) is -1.34. The summed E-state index contributed by atoms with van der Waals surface area (Å²) < 4.78 is 0. The molecule has 0 bridgehead atoms. The first-order valence-corrected chi connectivity index (χ1v) is 5.92. The molecular weight excluding hydrogens is 228 g/mol. The maximum atomic E-state index is 11.4. The minimum absolute atomic E-state index is 0.0163. The Morgan fingerprint density at radius 2 is 1.94 bits per heavy atom. The Hall–Kier alpha value is -2.10. The minimum Gasteiger partial charge on any atom is -0.481 e. The normalized spacial score (nSPS) is 12.6. The van der Waals surface area contributed by atoms with Crippen molar-refractivity contribution in [3.63, 3.8) is 0 Å². The highest BCUT2D eigenvalue weighted by Gasteiger charge is 2.27. The van der Waals surface area contributed by atoms with Gasteiger partial charge in [-0.05, 0) is 11.5 Å². The number of aromatic amines is 1. The summed E-state index contributed by atoms with van der Waals surface area (Å²) in [6.45, 7) is 3.81. The molecule has 0 spiro atoms. The van der Waals surface area contributed by atoms with E-state index in [0.717, 1.165) is 16.8 Å². The molecule has 0 aliphatic heterocycles. The van der Waals surface area contributed by atoms with Crippen molar-refractivity contribution in [1.29, 1.82) is 0 Å². The Bertz CT molecular complexity index is 532. The number of hydrogen-bond acceptors (Lipinski definition) is 2. The molecule has 4 heteroatoms. The maximum absolute atomic E-state index is 11.4. The van der Waals surface area contributed by atoms with E-state index in [-0.39, 0.29) is 5.92 Å². The van der Waals surface area contributed by atoms with Gasteiger partial charge in [-0.15, -0.1) is 0 Å². The number of carbonyl (C=O) groups is 1. The van der Waals surface area contributed by atoms with Gasteiger partial charge in [0, 0.05) is 5.56 Å². The summed E-state index contributed by atoms with van der Waals surface area (Å²) in [6, 6.07) is 9.65. The lowest BCUT2D eigenvalue weighted by Gasteiger charge is -2.16. The molecule has 0 saturated heterocycles. The molecule has 1 aromatic carbocycles. The zero-order valence-corrected chi connectivity index (χ0v) is 10.4. The Kier molecular flexibility index (Phi) is 3.46. The van der Waals surface area contributed by atoms with Gasteiger partial charge in [-0.2, -0.15) is 5.10 Å². The first-order chi connectivity index (χ1) is 8.61. The molecular formula is C14H16N2O2. The fourth-order valence-electron chi connectivity index (χ4n) is 2.14. The summed E-state index contributed by atoms with van der Waals surface area (Å²) in [6.07, 6.45) is 1.61. The Balaban J connectivity index is 2.47. The molecule has 0 aliphatic carbocycles. The molecule has 2 N–H and O–H groups in total. The van der Waals surface area contributed by atoms with Crippen LogP contribution in [0.25, 0.3) is 11.3 Å². The molecule has 4 nitrogen and oxygen atoms in total. The lowest BCUT2D eigenvalue weighted by Crippen LogP contribution is -2.17. The van der Waals surface area contributed by atoms with Gasteiger partial charge in [-0.25, -0.2) is 0 Å². The Labute approximate surface area is 106 Å². The first-order valence-electron chi connectivity index (χ1n) is 5.92. The summed E-state index contributed by atoms with van der Waals surface area (Å²) in [7, 11) is 0. The number of benzene rings is 1. The lowest BCUT2D eigenvalue weighted by molar-refractivity contribution is -0.139. The number of rotatable bonds is 4. The van der Waals surface area contributed by atoms with Crippen molar-refractivity contribution in [2.75, 3.05) is 0 Å². The molecule has 0 saturated carbocycles. The van der Waals surface area contributed by atoms with Crippen molar-refractivity contribution in [3.8, 4) is 11.3 Å². The number of hydrogen-bond donors (Lipinski definition) is 2. The second-order valence-corrected chi connectivity index (χ2v) is 4.63. The number of carboxylic acid groups (broad SMARTS) is 1. The van der Waals surface area contributed by atoms with Crippen LogP contribution in [0.4, 0.5) is 0 Å². The van der Waals surface area contributed by atoms with Gasteiger partial charge in [0.25, 0.3) is 0 Å². The molecule has 18 heavy (non-hydrogen) atoms. The van der Waals surface area contributed by atoms with Gasteiger partial charge in [0.2, 0.25) is 0 Å². The highest BCUT2D eigenvalue weighted by Crippen LogP contribution is 2.31. The second kappa shape index (κ2) is 5.04. The van der Waals surface area contributed by atoms with Crippen LogP contribution in [0.15, 0.2) is 36.5 Å². The second-order valence-electron chi connectivity index (χ2n) is 4.63. The number of nitrogens with one attached hydrogen (secondary N) is 1. The zero-order valence-electron chi connectivity index (χ0n) is 10.4. The van der Waals surface area contributed by atoms with Gasteiger partial charge in [0.1, 0.15) is 0 Å². The summed E-state index contributed by atoms with van der Waals surface area (Å²) in [4.78, 5) is 11.4. The van der Waals surface area contributed by atoms with Crippen LogP contribution in [-0.4, -0.2) is 21.3 Å². The third-order valence-electron chi connectivity index (χ3n) is 3.00. The zero-order chi connectivity index (χ0) is 13.1. The number of aliphatic carboxylic acids is 1. The van der Waals surface area contributed by atoms with Crippen molar-refractivity contribution >= 4 is 5.97 Å². The molecule has 0 radical (unpaired) electrons. The van der Waals surface area contributed by atoms with Crippen LogP contribution >= 0.6 is 0 Å². The highest BCUT2D eigenvalue weighted by molar-refractivity contribution is 5.80. The first kappa shape index (κ1) is 12.4. The van der Waals surface area contributed by atoms with Gasteiger partial charge in [-0.3, -0.25) is 9.89 Å². The fourth-order valence-corrected chi connectivity index (χ4v) is 2.14. The predicted molar refractivity (Wildman–Crippen MR) is 69.2 cm³/mol. The van der Waals surface area contributed by atoms with Crippen LogP contribution in [0, 0.1) is 5.92 Å². The van der Waals surface area contributed by atoms with Crippen molar-refractivity contribution in [3.05, 3.63) is 42.1 Å². The average Bonchev–Trinajstić information content (AvgIpc) is 2.78. The van der Waals surface area contributed by atoms with E-state index in [1.165, 1.54) is 0 Å². The van der Waals surface area contributed by atoms with Crippen molar-refractivity contribution in [1.82, 2.24) is 10.2 Å². The molecule has 1 aromatic heterocycles. The van der Waals surface area contributed by atoms with Gasteiger partial charge >= 0.3 is 5.97 Å². The smallest absolute Gasteiger partial charge is 0.311 e. The van der Waals surface area contributed by atoms with Crippen molar-refractivity contribution < 1.29 is 9.90 Å². The Morgan fingerprint density at radius 3 is 2.50 bits per heavy atom. The molecule has 2 rings (SSSR count). The van der Waals surface area contributed by atoms with Gasteiger partial charge in [-0.1, -0.05) is 44.2 Å². The fraction of sp³-hybridized carbons (Fsp3) is 0.286. The van der Waals surface area contributed by atoms with Crippen molar-refractivity contribution in [2.24, 2.45) is 5.92 Å². The summed E-state index contributed by atoms with van der Waals surface area (Å²) >= 11 is 0. The van der Waals surface area contributed by atoms with E-state index in [1.54, 1.807) is 6.20 Å². The highest BCUT2D eigenvalue weighted by atomic mass is 16.4. The molecule has 1 atom stereocenters. The van der Waals surface area contributed by atoms with Gasteiger partial charge in [0.05, 0.1) is 17.8 Å². The molecule has 1 heterocycles. The standard InChI is InChI=1S/C14H16N2O2/c1-9(2)12(14(17)18)11-8-15-16-13(11)10-6-4-3-5-7-10/h3-9,12H,1-2H3,(H,15,16)(H,17,18). The SMILES string of the molecule is CC(C)C(C(=O)O)c1cn[nH]c1-c1ccccc1. The summed E-state index contributed by atoms with van der Waals surface area (Å²) in [5.41, 5.74) is 2.48.